The molecule has 0 radical (unpaired) electrons. The Labute approximate surface area is 212 Å². The van der Waals surface area contributed by atoms with Crippen molar-refractivity contribution in [1.29, 1.82) is 0 Å². The minimum atomic E-state index is -0.121. The van der Waals surface area contributed by atoms with Crippen LogP contribution in [0.15, 0.2) is 36.4 Å². The summed E-state index contributed by atoms with van der Waals surface area (Å²) < 4.78 is 5.39. The summed E-state index contributed by atoms with van der Waals surface area (Å²) in [5, 5.41) is 5.03. The summed E-state index contributed by atoms with van der Waals surface area (Å²) in [6.07, 6.45) is 9.75. The fourth-order valence-electron chi connectivity index (χ4n) is 4.16. The Morgan fingerprint density at radius 3 is 2.52 bits per heavy atom. The first-order valence-electron chi connectivity index (χ1n) is 11.0. The summed E-state index contributed by atoms with van der Waals surface area (Å²) in [5.74, 6) is 4.82. The second-order valence-corrected chi connectivity index (χ2v) is 10.3. The minimum absolute atomic E-state index is 0. The van der Waals surface area contributed by atoms with Crippen LogP contribution in [-0.2, 0) is 0 Å². The molecule has 2 atom stereocenters. The molecule has 6 heteroatoms. The maximum Gasteiger partial charge on any atom is 0.184 e. The van der Waals surface area contributed by atoms with Gasteiger partial charge in [0.05, 0.1) is 23.9 Å². The van der Waals surface area contributed by atoms with Crippen LogP contribution in [0.2, 0.25) is 5.02 Å². The third-order valence-electron chi connectivity index (χ3n) is 6.19. The van der Waals surface area contributed by atoms with Crippen molar-refractivity contribution in [2.24, 2.45) is 5.92 Å². The molecule has 174 valence electrons. The van der Waals surface area contributed by atoms with Crippen molar-refractivity contribution in [2.45, 2.75) is 52.0 Å². The third kappa shape index (κ3) is 5.84. The lowest BCUT2D eigenvalue weighted by Gasteiger charge is -2.24. The molecule has 2 aromatic carbocycles. The molecule has 1 saturated carbocycles. The Hall–Kier alpha value is -2.19. The lowest BCUT2D eigenvalue weighted by molar-refractivity contribution is 0.412. The lowest BCUT2D eigenvalue weighted by Crippen LogP contribution is -2.26. The molecule has 1 aliphatic rings. The molecular formula is C27H30Cl2N2OS. The van der Waals surface area contributed by atoms with Gasteiger partial charge < -0.3 is 10.1 Å². The number of nitrogens with zero attached hydrogens (tertiary/aromatic N) is 1. The number of aryl methyl sites for hydroxylation is 3. The molecule has 2 unspecified atom stereocenters. The van der Waals surface area contributed by atoms with Crippen LogP contribution in [0.5, 0.6) is 5.75 Å². The van der Waals surface area contributed by atoms with Crippen molar-refractivity contribution in [3.05, 3.63) is 63.0 Å². The summed E-state index contributed by atoms with van der Waals surface area (Å²) >= 11 is 8.19. The van der Waals surface area contributed by atoms with Gasteiger partial charge in [0.25, 0.3) is 0 Å². The van der Waals surface area contributed by atoms with Crippen molar-refractivity contribution in [1.82, 2.24) is 4.98 Å². The van der Waals surface area contributed by atoms with Gasteiger partial charge in [-0.3, -0.25) is 0 Å². The normalized spacial score (nSPS) is 14.7. The van der Waals surface area contributed by atoms with Crippen LogP contribution in [0.4, 0.5) is 5.13 Å². The van der Waals surface area contributed by atoms with Crippen LogP contribution < -0.4 is 10.1 Å². The first-order chi connectivity index (χ1) is 15.4. The SMILES string of the molecule is C#CC(Nc1nc(-c2cc(C)c(OC)cc2Cl)c(C)s1)C(CC1CC1)c1ccc(C)cc1.Cl. The molecule has 1 aromatic heterocycles. The van der Waals surface area contributed by atoms with E-state index in [4.69, 9.17) is 27.7 Å². The van der Waals surface area contributed by atoms with E-state index in [9.17, 15) is 0 Å². The number of benzene rings is 2. The Kier molecular flexibility index (Phi) is 8.34. The van der Waals surface area contributed by atoms with Crippen LogP contribution in [0.3, 0.4) is 0 Å². The maximum atomic E-state index is 6.57. The molecule has 3 nitrogen and oxygen atoms in total. The Balaban J connectivity index is 0.00000306. The predicted molar refractivity (Wildman–Crippen MR) is 143 cm³/mol. The van der Waals surface area contributed by atoms with E-state index in [1.54, 1.807) is 18.4 Å². The first kappa shape index (κ1) is 25.4. The van der Waals surface area contributed by atoms with Gasteiger partial charge >= 0.3 is 0 Å². The van der Waals surface area contributed by atoms with Crippen molar-refractivity contribution in [2.75, 3.05) is 12.4 Å². The molecule has 1 heterocycles. The molecule has 3 aromatic rings. The highest BCUT2D eigenvalue weighted by Crippen LogP contribution is 2.42. The van der Waals surface area contributed by atoms with E-state index in [1.807, 2.05) is 19.1 Å². The van der Waals surface area contributed by atoms with E-state index in [0.717, 1.165) is 44.9 Å². The number of thiazole rings is 1. The fraction of sp³-hybridized carbons (Fsp3) is 0.370. The lowest BCUT2D eigenvalue weighted by atomic mass is 9.86. The fourth-order valence-corrected chi connectivity index (χ4v) is 5.26. The van der Waals surface area contributed by atoms with Crippen LogP contribution in [-0.4, -0.2) is 18.1 Å². The maximum absolute atomic E-state index is 6.57. The Morgan fingerprint density at radius 1 is 1.21 bits per heavy atom. The van der Waals surface area contributed by atoms with Gasteiger partial charge in [-0.2, -0.15) is 0 Å². The van der Waals surface area contributed by atoms with Gasteiger partial charge in [0, 0.05) is 16.4 Å². The smallest absolute Gasteiger partial charge is 0.184 e. The van der Waals surface area contributed by atoms with Crippen molar-refractivity contribution in [3.63, 3.8) is 0 Å². The van der Waals surface area contributed by atoms with E-state index in [1.165, 1.54) is 24.0 Å². The number of rotatable bonds is 8. The van der Waals surface area contributed by atoms with Crippen molar-refractivity contribution < 1.29 is 4.74 Å². The van der Waals surface area contributed by atoms with Crippen molar-refractivity contribution in [3.8, 4) is 29.4 Å². The predicted octanol–water partition coefficient (Wildman–Crippen LogP) is 7.82. The molecule has 0 spiro atoms. The number of hydrogen-bond donors (Lipinski definition) is 1. The molecule has 1 fully saturated rings. The number of aromatic nitrogens is 1. The number of ether oxygens (including phenoxy) is 1. The third-order valence-corrected chi connectivity index (χ3v) is 7.40. The van der Waals surface area contributed by atoms with E-state index >= 15 is 0 Å². The van der Waals surface area contributed by atoms with Gasteiger partial charge in [0.15, 0.2) is 5.13 Å². The second-order valence-electron chi connectivity index (χ2n) is 8.71. The minimum Gasteiger partial charge on any atom is -0.496 e. The molecular weight excluding hydrogens is 471 g/mol. The monoisotopic (exact) mass is 500 g/mol. The van der Waals surface area contributed by atoms with E-state index in [0.29, 0.717) is 5.02 Å². The molecule has 1 aliphatic carbocycles. The van der Waals surface area contributed by atoms with Crippen molar-refractivity contribution >= 4 is 40.5 Å². The Morgan fingerprint density at radius 2 is 1.91 bits per heavy atom. The van der Waals surface area contributed by atoms with Gasteiger partial charge in [-0.1, -0.05) is 60.2 Å². The van der Waals surface area contributed by atoms with Crippen LogP contribution >= 0.6 is 35.3 Å². The summed E-state index contributed by atoms with van der Waals surface area (Å²) in [6, 6.07) is 12.5. The van der Waals surface area contributed by atoms with Crippen LogP contribution in [0, 0.1) is 39.0 Å². The Bertz CT molecular complexity index is 1150. The average molecular weight is 502 g/mol. The van der Waals surface area contributed by atoms with E-state index in [-0.39, 0.29) is 24.4 Å². The summed E-state index contributed by atoms with van der Waals surface area (Å²) in [6.45, 7) is 6.20. The van der Waals surface area contributed by atoms with Gasteiger partial charge in [0.2, 0.25) is 0 Å². The van der Waals surface area contributed by atoms with E-state index in [2.05, 4.69) is 49.4 Å². The van der Waals surface area contributed by atoms with Crippen LogP contribution in [0.25, 0.3) is 11.3 Å². The molecule has 0 amide bonds. The molecule has 0 aliphatic heterocycles. The van der Waals surface area contributed by atoms with Gasteiger partial charge in [-0.05, 0) is 56.4 Å². The number of anilines is 1. The quantitative estimate of drug-likeness (QED) is 0.320. The van der Waals surface area contributed by atoms with E-state index < -0.39 is 0 Å². The molecule has 4 rings (SSSR count). The highest BCUT2D eigenvalue weighted by Gasteiger charge is 2.31. The number of nitrogens with one attached hydrogen (secondary N) is 1. The molecule has 0 saturated heterocycles. The molecule has 1 N–H and O–H groups in total. The summed E-state index contributed by atoms with van der Waals surface area (Å²) in [7, 11) is 1.65. The number of hydrogen-bond acceptors (Lipinski definition) is 4. The molecule has 33 heavy (non-hydrogen) atoms. The first-order valence-corrected chi connectivity index (χ1v) is 12.2. The van der Waals surface area contributed by atoms with Crippen LogP contribution in [0.1, 0.15) is 46.7 Å². The standard InChI is InChI=1S/C27H29ClN2OS.ClH/c1-6-24(21(14-19-9-10-19)20-11-7-16(2)8-12-20)29-27-30-26(18(4)32-27)22-13-17(3)25(31-5)15-23(22)28;/h1,7-8,11-13,15,19,21,24H,9-10,14H2,2-5H3,(H,29,30);1H. The highest BCUT2D eigenvalue weighted by molar-refractivity contribution is 7.16. The second kappa shape index (κ2) is 10.8. The van der Waals surface area contributed by atoms with Gasteiger partial charge in [-0.15, -0.1) is 30.2 Å². The number of terminal acetylenes is 1. The highest BCUT2D eigenvalue weighted by atomic mass is 35.5. The summed E-state index contributed by atoms with van der Waals surface area (Å²) in [4.78, 5) is 6.00. The van der Waals surface area contributed by atoms with Gasteiger partial charge in [-0.25, -0.2) is 4.98 Å². The zero-order chi connectivity index (χ0) is 22.8. The zero-order valence-corrected chi connectivity index (χ0v) is 21.8. The topological polar surface area (TPSA) is 34.2 Å². The zero-order valence-electron chi connectivity index (χ0n) is 19.4. The molecule has 0 bridgehead atoms. The largest absolute Gasteiger partial charge is 0.496 e. The summed E-state index contributed by atoms with van der Waals surface area (Å²) in [5.41, 5.74) is 5.38. The van der Waals surface area contributed by atoms with Gasteiger partial charge in [0.1, 0.15) is 5.75 Å². The average Bonchev–Trinajstić information content (AvgIpc) is 3.53. The number of halogens is 2. The number of methoxy groups -OCH3 is 1.